The van der Waals surface area contributed by atoms with E-state index >= 15 is 0 Å². The molecule has 7 rings (SSSR count). The second-order valence-corrected chi connectivity index (χ2v) is 20.8. The van der Waals surface area contributed by atoms with Gasteiger partial charge in [-0.2, -0.15) is 0 Å². The fourth-order valence-corrected chi connectivity index (χ4v) is 13.1. The highest BCUT2D eigenvalue weighted by Crippen LogP contribution is 2.67. The minimum Gasteiger partial charge on any atom is -0.394 e. The van der Waals surface area contributed by atoms with E-state index < -0.39 is 118 Å². The van der Waals surface area contributed by atoms with Gasteiger partial charge in [0, 0.05) is 0 Å². The van der Waals surface area contributed by atoms with E-state index in [2.05, 4.69) is 26.8 Å². The molecule has 3 aliphatic heterocycles. The molecule has 4 aliphatic carbocycles. The second kappa shape index (κ2) is 19.9. The Morgan fingerprint density at radius 1 is 0.667 bits per heavy atom. The first-order valence-corrected chi connectivity index (χ1v) is 23.4. The van der Waals surface area contributed by atoms with Crippen molar-refractivity contribution in [1.82, 2.24) is 0 Å². The fraction of sp³-hybridized carbons (Fsp3) is 0.956. The molecule has 0 unspecified atom stereocenters. The van der Waals surface area contributed by atoms with Gasteiger partial charge in [0.25, 0.3) is 0 Å². The van der Waals surface area contributed by atoms with E-state index in [9.17, 15) is 61.3 Å². The maximum absolute atomic E-state index is 11.8. The first-order chi connectivity index (χ1) is 29.7. The van der Waals surface area contributed by atoms with Crippen LogP contribution in [0.15, 0.2) is 11.6 Å². The van der Waals surface area contributed by atoms with Crippen molar-refractivity contribution in [2.24, 2.45) is 46.3 Å². The number of aliphatic hydroxyl groups is 12. The van der Waals surface area contributed by atoms with Gasteiger partial charge in [-0.1, -0.05) is 46.3 Å². The average Bonchev–Trinajstić information content (AvgIpc) is 3.53. The van der Waals surface area contributed by atoms with Crippen LogP contribution in [0.25, 0.3) is 0 Å². The zero-order valence-electron chi connectivity index (χ0n) is 37.2. The number of allylic oxidation sites excluding steroid dienone is 1. The molecule has 0 spiro atoms. The Balaban J connectivity index is 0.956. The molecule has 18 heteroatoms. The molecular formula is C45H76O18. The summed E-state index contributed by atoms with van der Waals surface area (Å²) < 4.78 is 35.2. The third-order valence-electron chi connectivity index (χ3n) is 16.9. The molecule has 0 amide bonds. The first-order valence-electron chi connectivity index (χ1n) is 23.4. The highest BCUT2D eigenvalue weighted by atomic mass is 16.7. The van der Waals surface area contributed by atoms with Gasteiger partial charge in [0.2, 0.25) is 0 Å². The maximum Gasteiger partial charge on any atom is 0.186 e. The van der Waals surface area contributed by atoms with E-state index in [0.29, 0.717) is 37.0 Å². The third kappa shape index (κ3) is 9.44. The van der Waals surface area contributed by atoms with Crippen LogP contribution in [0.3, 0.4) is 0 Å². The molecule has 3 saturated carbocycles. The Hall–Kier alpha value is -0.980. The molecule has 7 aliphatic rings. The van der Waals surface area contributed by atoms with E-state index in [4.69, 9.17) is 28.4 Å². The van der Waals surface area contributed by atoms with Crippen LogP contribution in [0.2, 0.25) is 0 Å². The van der Waals surface area contributed by atoms with Gasteiger partial charge in [-0.05, 0) is 104 Å². The normalized spacial score (nSPS) is 51.2. The second-order valence-electron chi connectivity index (χ2n) is 20.8. The van der Waals surface area contributed by atoms with Crippen molar-refractivity contribution in [3.63, 3.8) is 0 Å². The summed E-state index contributed by atoms with van der Waals surface area (Å²) in [7, 11) is 0. The van der Waals surface area contributed by atoms with E-state index in [1.165, 1.54) is 5.57 Å². The Bertz CT molecular complexity index is 1530. The van der Waals surface area contributed by atoms with Gasteiger partial charge in [0.15, 0.2) is 18.9 Å². The van der Waals surface area contributed by atoms with Crippen molar-refractivity contribution in [2.45, 2.75) is 203 Å². The van der Waals surface area contributed by atoms with Crippen molar-refractivity contribution in [1.29, 1.82) is 0 Å². The summed E-state index contributed by atoms with van der Waals surface area (Å²) in [5.74, 6) is 1.42. The van der Waals surface area contributed by atoms with Crippen LogP contribution in [0, 0.1) is 46.3 Å². The van der Waals surface area contributed by atoms with Gasteiger partial charge in [0.05, 0.1) is 38.1 Å². The predicted octanol–water partition coefficient (Wildman–Crippen LogP) is -1.20. The van der Waals surface area contributed by atoms with Crippen LogP contribution < -0.4 is 0 Å². The van der Waals surface area contributed by atoms with Gasteiger partial charge in [-0.25, -0.2) is 0 Å². The Morgan fingerprint density at radius 2 is 1.24 bits per heavy atom. The Morgan fingerprint density at radius 3 is 1.86 bits per heavy atom. The number of hydrogen-bond donors (Lipinski definition) is 12. The molecule has 18 nitrogen and oxygen atoms in total. The number of fused-ring (bicyclic) bond motifs is 5. The SMILES string of the molecule is CC(C)[C@H](CC[C@@H](C)[C@H]1[C@@H](O)C[C@@H]2[C@@H]3CC=C4C[C@@H](O[C@@H]5O[C@H](CO[C@@H]6O[C@H](CO)[C@@H](O)[C@H](O)[C@H]6O)[C@@H](O)[C@H](O)[C@H]5O)CC[C@]4(C)[C@H]3CC[C@]12C)O[C@@H]1O[C@H](CO)[C@@H](O)[C@H](O)[C@H]1O. The number of rotatable bonds is 14. The largest absolute Gasteiger partial charge is 0.394 e. The summed E-state index contributed by atoms with van der Waals surface area (Å²) in [6.45, 7) is 9.35. The average molecular weight is 905 g/mol. The number of ether oxygens (including phenoxy) is 6. The monoisotopic (exact) mass is 905 g/mol. The van der Waals surface area contributed by atoms with Crippen molar-refractivity contribution < 1.29 is 89.7 Å². The molecular weight excluding hydrogens is 828 g/mol. The van der Waals surface area contributed by atoms with E-state index in [0.717, 1.165) is 38.5 Å². The van der Waals surface area contributed by atoms with Crippen LogP contribution in [-0.2, 0) is 28.4 Å². The van der Waals surface area contributed by atoms with E-state index in [1.54, 1.807) is 0 Å². The Labute approximate surface area is 369 Å². The lowest BCUT2D eigenvalue weighted by atomic mass is 9.47. The van der Waals surface area contributed by atoms with Gasteiger partial charge in [0.1, 0.15) is 73.2 Å². The topological polar surface area (TPSA) is 298 Å². The van der Waals surface area contributed by atoms with Crippen molar-refractivity contribution in [2.75, 3.05) is 19.8 Å². The molecule has 0 radical (unpaired) electrons. The summed E-state index contributed by atoms with van der Waals surface area (Å²) in [4.78, 5) is 0. The summed E-state index contributed by atoms with van der Waals surface area (Å²) in [6, 6.07) is 0. The molecule has 0 bridgehead atoms. The summed E-state index contributed by atoms with van der Waals surface area (Å²) >= 11 is 0. The smallest absolute Gasteiger partial charge is 0.186 e. The van der Waals surface area contributed by atoms with Gasteiger partial charge >= 0.3 is 0 Å². The molecule has 0 aromatic carbocycles. The van der Waals surface area contributed by atoms with Crippen LogP contribution >= 0.6 is 0 Å². The zero-order chi connectivity index (χ0) is 45.9. The van der Waals surface area contributed by atoms with Crippen LogP contribution in [0.4, 0.5) is 0 Å². The highest BCUT2D eigenvalue weighted by Gasteiger charge is 2.62. The summed E-state index contributed by atoms with van der Waals surface area (Å²) in [5, 5.41) is 125. The van der Waals surface area contributed by atoms with Crippen LogP contribution in [-0.4, -0.2) is 192 Å². The lowest BCUT2D eigenvalue weighted by molar-refractivity contribution is -0.336. The van der Waals surface area contributed by atoms with Gasteiger partial charge in [-0.15, -0.1) is 0 Å². The third-order valence-corrected chi connectivity index (χ3v) is 16.9. The standard InChI is InChI=1S/C45H76O18/c1-19(2)27(60-43-40(57)36(53)33(50)29(17-47)62-43)9-6-20(3)31-26(48)15-25-23-8-7-21-14-22(10-12-44(21,4)24(23)11-13-45(25,31)5)59-42-39(56)37(54)34(51)30(63-42)18-58-41-38(55)35(52)32(49)28(16-46)61-41/h7,19-20,22-43,46-57H,6,8-18H2,1-5H3/t20-,22+,23-,24+,25-,26+,27+,28-,29-,30-,31+,32-,33-,34-,35+,36+,37+,38-,39-,40-,41-,42-,43-,44+,45+/m1/s1. The molecule has 3 saturated heterocycles. The fourth-order valence-electron chi connectivity index (χ4n) is 13.1. The van der Waals surface area contributed by atoms with Crippen molar-refractivity contribution >= 4 is 0 Å². The quantitative estimate of drug-likeness (QED) is 0.0912. The van der Waals surface area contributed by atoms with E-state index in [-0.39, 0.29) is 40.8 Å². The molecule has 0 aromatic heterocycles. The minimum atomic E-state index is -1.67. The number of aliphatic hydroxyl groups excluding tert-OH is 12. The predicted molar refractivity (Wildman–Crippen MR) is 220 cm³/mol. The van der Waals surface area contributed by atoms with Crippen molar-refractivity contribution in [3.8, 4) is 0 Å². The summed E-state index contributed by atoms with van der Waals surface area (Å²) in [5.41, 5.74) is 1.13. The number of hydrogen-bond acceptors (Lipinski definition) is 18. The lowest BCUT2D eigenvalue weighted by Gasteiger charge is -2.58. The molecule has 6 fully saturated rings. The molecule has 3 heterocycles. The van der Waals surface area contributed by atoms with Crippen LogP contribution in [0.5, 0.6) is 0 Å². The van der Waals surface area contributed by atoms with Gasteiger partial charge < -0.3 is 89.7 Å². The highest BCUT2D eigenvalue weighted by molar-refractivity contribution is 5.26. The van der Waals surface area contributed by atoms with Gasteiger partial charge in [-0.3, -0.25) is 0 Å². The lowest BCUT2D eigenvalue weighted by Crippen LogP contribution is -2.62. The zero-order valence-corrected chi connectivity index (χ0v) is 37.2. The van der Waals surface area contributed by atoms with Crippen LogP contribution in [0.1, 0.15) is 92.4 Å². The van der Waals surface area contributed by atoms with E-state index in [1.807, 2.05) is 13.8 Å². The Kier molecular flexibility index (Phi) is 15.8. The summed E-state index contributed by atoms with van der Waals surface area (Å²) in [6.07, 6.45) is -13.2. The first kappa shape index (κ1) is 49.9. The maximum atomic E-state index is 11.8. The molecule has 364 valence electrons. The molecule has 25 atom stereocenters. The minimum absolute atomic E-state index is 0.0470. The van der Waals surface area contributed by atoms with Crippen molar-refractivity contribution in [3.05, 3.63) is 11.6 Å². The molecule has 12 N–H and O–H groups in total. The molecule has 63 heavy (non-hydrogen) atoms. The molecule has 0 aromatic rings.